The van der Waals surface area contributed by atoms with E-state index < -0.39 is 0 Å². The number of likely N-dealkylation sites (tertiary alicyclic amines) is 1. The second-order valence-corrected chi connectivity index (χ2v) is 7.40. The van der Waals surface area contributed by atoms with Crippen molar-refractivity contribution in [3.63, 3.8) is 0 Å². The normalized spacial score (nSPS) is 28.9. The highest BCUT2D eigenvalue weighted by Gasteiger charge is 2.53. The van der Waals surface area contributed by atoms with Crippen molar-refractivity contribution < 1.29 is 14.2 Å². The Balaban J connectivity index is 1.49. The predicted molar refractivity (Wildman–Crippen MR) is 98.3 cm³/mol. The third kappa shape index (κ3) is 3.13. The second-order valence-electron chi connectivity index (χ2n) is 7.40. The van der Waals surface area contributed by atoms with E-state index in [9.17, 15) is 0 Å². The molecular formula is C20H27N3O3. The number of nitrogens with zero attached hydrogens (tertiary/aromatic N) is 3. The van der Waals surface area contributed by atoms with Gasteiger partial charge in [-0.25, -0.2) is 4.98 Å². The third-order valence-corrected chi connectivity index (χ3v) is 5.80. The lowest BCUT2D eigenvalue weighted by Gasteiger charge is -2.28. The molecule has 2 aliphatic heterocycles. The molecule has 6 nitrogen and oxygen atoms in total. The number of hydrogen-bond donors (Lipinski definition) is 0. The van der Waals surface area contributed by atoms with Gasteiger partial charge in [-0.1, -0.05) is 12.1 Å². The number of aromatic nitrogens is 2. The van der Waals surface area contributed by atoms with Gasteiger partial charge in [0.05, 0.1) is 26.4 Å². The highest BCUT2D eigenvalue weighted by molar-refractivity contribution is 5.32. The summed E-state index contributed by atoms with van der Waals surface area (Å²) in [6.07, 6.45) is 4.88. The lowest BCUT2D eigenvalue weighted by Crippen LogP contribution is -2.42. The first-order valence-corrected chi connectivity index (χ1v) is 9.13. The SMILES string of the molecule is COc1cccc([C@@H]2CO[C@]3(C2)CN(Cc2nccn2C)C[C@H]3OC)c1. The van der Waals surface area contributed by atoms with Crippen LogP contribution in [-0.4, -0.2) is 60.1 Å². The van der Waals surface area contributed by atoms with Crippen LogP contribution in [0.3, 0.4) is 0 Å². The van der Waals surface area contributed by atoms with E-state index in [1.54, 1.807) is 14.2 Å². The number of methoxy groups -OCH3 is 2. The Morgan fingerprint density at radius 2 is 2.23 bits per heavy atom. The molecule has 0 bridgehead atoms. The van der Waals surface area contributed by atoms with Gasteiger partial charge in [-0.2, -0.15) is 0 Å². The van der Waals surface area contributed by atoms with Crippen molar-refractivity contribution >= 4 is 0 Å². The quantitative estimate of drug-likeness (QED) is 0.821. The molecule has 0 saturated carbocycles. The van der Waals surface area contributed by atoms with Crippen LogP contribution in [0.2, 0.25) is 0 Å². The maximum atomic E-state index is 6.39. The van der Waals surface area contributed by atoms with Crippen molar-refractivity contribution in [2.24, 2.45) is 7.05 Å². The average molecular weight is 357 g/mol. The molecule has 0 aliphatic carbocycles. The summed E-state index contributed by atoms with van der Waals surface area (Å²) in [5.74, 6) is 2.34. The van der Waals surface area contributed by atoms with E-state index in [1.165, 1.54) is 5.56 Å². The largest absolute Gasteiger partial charge is 0.497 e. The monoisotopic (exact) mass is 357 g/mol. The smallest absolute Gasteiger partial charge is 0.122 e. The molecule has 2 saturated heterocycles. The summed E-state index contributed by atoms with van der Waals surface area (Å²) in [6, 6.07) is 8.32. The molecule has 6 heteroatoms. The number of aryl methyl sites for hydroxylation is 1. The Morgan fingerprint density at radius 3 is 2.96 bits per heavy atom. The van der Waals surface area contributed by atoms with Crippen LogP contribution < -0.4 is 4.74 Å². The molecule has 1 aromatic heterocycles. The van der Waals surface area contributed by atoms with Crippen LogP contribution in [0.4, 0.5) is 0 Å². The van der Waals surface area contributed by atoms with Gasteiger partial charge in [0.2, 0.25) is 0 Å². The molecule has 2 fully saturated rings. The lowest BCUT2D eigenvalue weighted by atomic mass is 9.87. The summed E-state index contributed by atoms with van der Waals surface area (Å²) >= 11 is 0. The first-order chi connectivity index (χ1) is 12.6. The molecule has 3 atom stereocenters. The van der Waals surface area contributed by atoms with Gasteiger partial charge in [-0.05, 0) is 24.1 Å². The molecule has 1 spiro atoms. The van der Waals surface area contributed by atoms with Crippen LogP contribution in [0.1, 0.15) is 23.7 Å². The van der Waals surface area contributed by atoms with Gasteiger partial charge in [0.25, 0.3) is 0 Å². The number of rotatable bonds is 5. The fourth-order valence-electron chi connectivity index (χ4n) is 4.35. The highest BCUT2D eigenvalue weighted by Crippen LogP contribution is 2.43. The van der Waals surface area contributed by atoms with E-state index in [4.69, 9.17) is 14.2 Å². The number of benzene rings is 1. The van der Waals surface area contributed by atoms with Gasteiger partial charge >= 0.3 is 0 Å². The molecule has 2 aromatic rings. The van der Waals surface area contributed by atoms with Gasteiger partial charge in [-0.15, -0.1) is 0 Å². The molecule has 3 heterocycles. The van der Waals surface area contributed by atoms with Crippen molar-refractivity contribution in [3.8, 4) is 5.75 Å². The van der Waals surface area contributed by atoms with Crippen molar-refractivity contribution in [1.29, 1.82) is 0 Å². The molecule has 140 valence electrons. The topological polar surface area (TPSA) is 48.8 Å². The van der Waals surface area contributed by atoms with E-state index in [0.717, 1.165) is 44.2 Å². The second kappa shape index (κ2) is 7.02. The average Bonchev–Trinajstić information content (AvgIpc) is 3.36. The summed E-state index contributed by atoms with van der Waals surface area (Å²) in [6.45, 7) is 3.29. The minimum atomic E-state index is -0.242. The molecular weight excluding hydrogens is 330 g/mol. The van der Waals surface area contributed by atoms with Crippen molar-refractivity contribution in [2.45, 2.75) is 30.6 Å². The molecule has 0 radical (unpaired) electrons. The molecule has 26 heavy (non-hydrogen) atoms. The standard InChI is InChI=1S/C20H27N3O3/c1-22-8-7-21-19(22)12-23-11-18(25-3)20(14-23)10-16(13-26-20)15-5-4-6-17(9-15)24-2/h4-9,16,18H,10-14H2,1-3H3/t16-,18+,20+/m0/s1. The summed E-state index contributed by atoms with van der Waals surface area (Å²) in [5, 5.41) is 0. The highest BCUT2D eigenvalue weighted by atomic mass is 16.6. The van der Waals surface area contributed by atoms with E-state index in [2.05, 4.69) is 32.7 Å². The Bertz CT molecular complexity index is 762. The maximum Gasteiger partial charge on any atom is 0.122 e. The van der Waals surface area contributed by atoms with Crippen LogP contribution >= 0.6 is 0 Å². The summed E-state index contributed by atoms with van der Waals surface area (Å²) < 4.78 is 19.7. The third-order valence-electron chi connectivity index (χ3n) is 5.80. The number of hydrogen-bond acceptors (Lipinski definition) is 5. The van der Waals surface area contributed by atoms with Gasteiger partial charge < -0.3 is 18.8 Å². The summed E-state index contributed by atoms with van der Waals surface area (Å²) in [5.41, 5.74) is 1.03. The Labute approximate surface area is 154 Å². The zero-order valence-corrected chi connectivity index (χ0v) is 15.7. The molecule has 1 aromatic carbocycles. The van der Waals surface area contributed by atoms with Crippen LogP contribution in [0, 0.1) is 0 Å². The Kier molecular flexibility index (Phi) is 4.73. The van der Waals surface area contributed by atoms with Gasteiger partial charge in [0, 0.05) is 45.6 Å². The van der Waals surface area contributed by atoms with E-state index >= 15 is 0 Å². The van der Waals surface area contributed by atoms with Crippen molar-refractivity contribution in [2.75, 3.05) is 33.9 Å². The lowest BCUT2D eigenvalue weighted by molar-refractivity contribution is -0.0757. The Morgan fingerprint density at radius 1 is 1.35 bits per heavy atom. The zero-order valence-electron chi connectivity index (χ0n) is 15.7. The fraction of sp³-hybridized carbons (Fsp3) is 0.550. The summed E-state index contributed by atoms with van der Waals surface area (Å²) in [7, 11) is 5.53. The zero-order chi connectivity index (χ0) is 18.1. The van der Waals surface area contributed by atoms with Crippen LogP contribution in [0.5, 0.6) is 5.75 Å². The number of ether oxygens (including phenoxy) is 3. The van der Waals surface area contributed by atoms with E-state index in [1.807, 2.05) is 25.5 Å². The van der Waals surface area contributed by atoms with E-state index in [-0.39, 0.29) is 11.7 Å². The van der Waals surface area contributed by atoms with Crippen molar-refractivity contribution in [1.82, 2.24) is 14.5 Å². The minimum absolute atomic E-state index is 0.0818. The molecule has 0 amide bonds. The fourth-order valence-corrected chi connectivity index (χ4v) is 4.35. The Hall–Kier alpha value is -1.89. The molecule has 4 rings (SSSR count). The molecule has 0 N–H and O–H groups in total. The maximum absolute atomic E-state index is 6.39. The van der Waals surface area contributed by atoms with Crippen LogP contribution in [0.15, 0.2) is 36.7 Å². The minimum Gasteiger partial charge on any atom is -0.497 e. The number of imidazole rings is 1. The van der Waals surface area contributed by atoms with Gasteiger partial charge in [0.15, 0.2) is 0 Å². The molecule has 2 aliphatic rings. The predicted octanol–water partition coefficient (Wildman–Crippen LogP) is 2.20. The first-order valence-electron chi connectivity index (χ1n) is 9.13. The molecule has 0 unspecified atom stereocenters. The van der Waals surface area contributed by atoms with Crippen LogP contribution in [0.25, 0.3) is 0 Å². The summed E-state index contributed by atoms with van der Waals surface area (Å²) in [4.78, 5) is 6.85. The van der Waals surface area contributed by atoms with Crippen LogP contribution in [-0.2, 0) is 23.1 Å². The van der Waals surface area contributed by atoms with E-state index in [0.29, 0.717) is 5.92 Å². The van der Waals surface area contributed by atoms with Gasteiger partial charge in [-0.3, -0.25) is 4.90 Å². The first kappa shape index (κ1) is 17.5. The van der Waals surface area contributed by atoms with Crippen molar-refractivity contribution in [3.05, 3.63) is 48.0 Å². The van der Waals surface area contributed by atoms with Gasteiger partial charge in [0.1, 0.15) is 17.2 Å².